The highest BCUT2D eigenvalue weighted by Crippen LogP contribution is 2.20. The lowest BCUT2D eigenvalue weighted by atomic mass is 10.0. The Hall–Kier alpha value is -1.07. The number of nitrogens with one attached hydrogen (secondary N) is 1. The van der Waals surface area contributed by atoms with Gasteiger partial charge in [-0.1, -0.05) is 42.8 Å². The van der Waals surface area contributed by atoms with E-state index in [-0.39, 0.29) is 11.9 Å². The van der Waals surface area contributed by atoms with Gasteiger partial charge >= 0.3 is 0 Å². The standard InChI is InChI=1S/C17H17ClINO/c1-3-12-4-6-13(7-5-12)11(2)20-17(21)15-10-14(18)8-9-16(15)19/h4-11H,3H2,1-2H3,(H,20,21). The molecule has 0 heterocycles. The summed E-state index contributed by atoms with van der Waals surface area (Å²) in [6, 6.07) is 13.6. The molecule has 0 saturated carbocycles. The number of carbonyl (C=O) groups excluding carboxylic acids is 1. The summed E-state index contributed by atoms with van der Waals surface area (Å²) >= 11 is 8.11. The third kappa shape index (κ3) is 4.20. The van der Waals surface area contributed by atoms with Gasteiger partial charge < -0.3 is 5.32 Å². The Kier molecular flexibility index (Phi) is 5.65. The van der Waals surface area contributed by atoms with Gasteiger partial charge in [-0.25, -0.2) is 0 Å². The Morgan fingerprint density at radius 2 is 1.90 bits per heavy atom. The molecule has 2 aromatic rings. The molecule has 1 N–H and O–H groups in total. The van der Waals surface area contributed by atoms with E-state index in [0.717, 1.165) is 15.6 Å². The molecule has 21 heavy (non-hydrogen) atoms. The fourth-order valence-corrected chi connectivity index (χ4v) is 2.82. The lowest BCUT2D eigenvalue weighted by molar-refractivity contribution is 0.0939. The molecule has 0 spiro atoms. The van der Waals surface area contributed by atoms with Gasteiger partial charge in [0.15, 0.2) is 0 Å². The quantitative estimate of drug-likeness (QED) is 0.702. The van der Waals surface area contributed by atoms with Crippen LogP contribution < -0.4 is 5.32 Å². The van der Waals surface area contributed by atoms with E-state index >= 15 is 0 Å². The van der Waals surface area contributed by atoms with Crippen LogP contribution in [0.3, 0.4) is 0 Å². The molecular formula is C17H17ClINO. The molecule has 0 saturated heterocycles. The number of aryl methyl sites for hydroxylation is 1. The zero-order valence-corrected chi connectivity index (χ0v) is 14.9. The number of halogens is 2. The summed E-state index contributed by atoms with van der Waals surface area (Å²) in [5, 5.41) is 3.59. The summed E-state index contributed by atoms with van der Waals surface area (Å²) in [4.78, 5) is 12.4. The molecule has 1 unspecified atom stereocenters. The molecule has 2 aromatic carbocycles. The van der Waals surface area contributed by atoms with Crippen molar-refractivity contribution < 1.29 is 4.79 Å². The molecule has 0 aliphatic rings. The van der Waals surface area contributed by atoms with Gasteiger partial charge in [0.2, 0.25) is 0 Å². The number of benzene rings is 2. The largest absolute Gasteiger partial charge is 0.345 e. The van der Waals surface area contributed by atoms with E-state index < -0.39 is 0 Å². The van der Waals surface area contributed by atoms with Gasteiger partial charge in [0, 0.05) is 8.59 Å². The van der Waals surface area contributed by atoms with Crippen LogP contribution in [0, 0.1) is 3.57 Å². The van der Waals surface area contributed by atoms with Crippen LogP contribution in [0.15, 0.2) is 42.5 Å². The lowest BCUT2D eigenvalue weighted by Crippen LogP contribution is -2.27. The van der Waals surface area contributed by atoms with Crippen LogP contribution >= 0.6 is 34.2 Å². The highest BCUT2D eigenvalue weighted by atomic mass is 127. The van der Waals surface area contributed by atoms with Crippen molar-refractivity contribution in [2.24, 2.45) is 0 Å². The van der Waals surface area contributed by atoms with Crippen molar-refractivity contribution in [3.63, 3.8) is 0 Å². The Morgan fingerprint density at radius 1 is 1.24 bits per heavy atom. The summed E-state index contributed by atoms with van der Waals surface area (Å²) in [5.74, 6) is -0.103. The van der Waals surface area contributed by atoms with E-state index in [1.165, 1.54) is 5.56 Å². The normalized spacial score (nSPS) is 12.0. The van der Waals surface area contributed by atoms with Crippen LogP contribution in [0.5, 0.6) is 0 Å². The second-order valence-electron chi connectivity index (χ2n) is 4.91. The van der Waals surface area contributed by atoms with E-state index in [0.29, 0.717) is 10.6 Å². The van der Waals surface area contributed by atoms with E-state index in [2.05, 4.69) is 59.1 Å². The van der Waals surface area contributed by atoms with Gasteiger partial charge in [-0.15, -0.1) is 0 Å². The first kappa shape index (κ1) is 16.3. The Bertz CT molecular complexity index is 640. The van der Waals surface area contributed by atoms with Gasteiger partial charge in [0.1, 0.15) is 0 Å². The van der Waals surface area contributed by atoms with Crippen LogP contribution in [0.2, 0.25) is 5.02 Å². The molecule has 1 amide bonds. The first-order valence-electron chi connectivity index (χ1n) is 6.86. The topological polar surface area (TPSA) is 29.1 Å². The molecule has 1 atom stereocenters. The second kappa shape index (κ2) is 7.27. The third-order valence-electron chi connectivity index (χ3n) is 3.41. The molecule has 4 heteroatoms. The zero-order valence-electron chi connectivity index (χ0n) is 12.0. The highest BCUT2D eigenvalue weighted by Gasteiger charge is 2.14. The summed E-state index contributed by atoms with van der Waals surface area (Å²) in [6.45, 7) is 4.11. The number of hydrogen-bond acceptors (Lipinski definition) is 1. The van der Waals surface area contributed by atoms with Crippen molar-refractivity contribution in [2.75, 3.05) is 0 Å². The van der Waals surface area contributed by atoms with Crippen molar-refractivity contribution >= 4 is 40.1 Å². The van der Waals surface area contributed by atoms with Gasteiger partial charge in [-0.05, 0) is 65.3 Å². The van der Waals surface area contributed by atoms with Crippen molar-refractivity contribution in [1.82, 2.24) is 5.32 Å². The first-order valence-corrected chi connectivity index (χ1v) is 8.31. The van der Waals surface area contributed by atoms with Crippen LogP contribution in [0.1, 0.15) is 41.4 Å². The number of hydrogen-bond donors (Lipinski definition) is 1. The van der Waals surface area contributed by atoms with Crippen molar-refractivity contribution in [3.8, 4) is 0 Å². The molecule has 110 valence electrons. The van der Waals surface area contributed by atoms with Crippen LogP contribution in [-0.4, -0.2) is 5.91 Å². The summed E-state index contributed by atoms with van der Waals surface area (Å²) < 4.78 is 0.892. The van der Waals surface area contributed by atoms with Gasteiger partial charge in [-0.3, -0.25) is 4.79 Å². The van der Waals surface area contributed by atoms with Crippen molar-refractivity contribution in [1.29, 1.82) is 0 Å². The fourth-order valence-electron chi connectivity index (χ4n) is 2.07. The minimum Gasteiger partial charge on any atom is -0.345 e. The van der Waals surface area contributed by atoms with Gasteiger partial charge in [0.05, 0.1) is 11.6 Å². The maximum atomic E-state index is 12.4. The van der Waals surface area contributed by atoms with Crippen LogP contribution in [-0.2, 0) is 6.42 Å². The van der Waals surface area contributed by atoms with E-state index in [4.69, 9.17) is 11.6 Å². The number of amides is 1. The van der Waals surface area contributed by atoms with E-state index in [9.17, 15) is 4.79 Å². The lowest BCUT2D eigenvalue weighted by Gasteiger charge is -2.15. The molecule has 0 radical (unpaired) electrons. The molecule has 2 rings (SSSR count). The van der Waals surface area contributed by atoms with Crippen LogP contribution in [0.25, 0.3) is 0 Å². The Labute approximate surface area is 144 Å². The molecular weight excluding hydrogens is 397 g/mol. The zero-order chi connectivity index (χ0) is 15.4. The second-order valence-corrected chi connectivity index (χ2v) is 6.51. The Morgan fingerprint density at radius 3 is 2.52 bits per heavy atom. The van der Waals surface area contributed by atoms with Gasteiger partial charge in [0.25, 0.3) is 5.91 Å². The highest BCUT2D eigenvalue weighted by molar-refractivity contribution is 14.1. The fraction of sp³-hybridized carbons (Fsp3) is 0.235. The Balaban J connectivity index is 2.12. The van der Waals surface area contributed by atoms with Crippen molar-refractivity contribution in [2.45, 2.75) is 26.3 Å². The molecule has 0 fully saturated rings. The predicted molar refractivity (Wildman–Crippen MR) is 95.9 cm³/mol. The molecule has 0 aromatic heterocycles. The first-order chi connectivity index (χ1) is 10.0. The minimum atomic E-state index is -0.103. The monoisotopic (exact) mass is 413 g/mol. The smallest absolute Gasteiger partial charge is 0.252 e. The number of carbonyl (C=O) groups is 1. The molecule has 0 bridgehead atoms. The molecule has 2 nitrogen and oxygen atoms in total. The average molecular weight is 414 g/mol. The molecule has 0 aliphatic heterocycles. The summed E-state index contributed by atoms with van der Waals surface area (Å²) in [7, 11) is 0. The average Bonchev–Trinajstić information content (AvgIpc) is 2.49. The van der Waals surface area contributed by atoms with E-state index in [1.807, 2.05) is 13.0 Å². The SMILES string of the molecule is CCc1ccc(C(C)NC(=O)c2cc(Cl)ccc2I)cc1. The maximum Gasteiger partial charge on any atom is 0.252 e. The third-order valence-corrected chi connectivity index (χ3v) is 4.58. The van der Waals surface area contributed by atoms with Crippen LogP contribution in [0.4, 0.5) is 0 Å². The minimum absolute atomic E-state index is 0.0433. The summed E-state index contributed by atoms with van der Waals surface area (Å²) in [6.07, 6.45) is 1.02. The number of rotatable bonds is 4. The predicted octanol–water partition coefficient (Wildman–Crippen LogP) is 5.00. The maximum absolute atomic E-state index is 12.4. The molecule has 0 aliphatic carbocycles. The summed E-state index contributed by atoms with van der Waals surface area (Å²) in [5.41, 5.74) is 3.00. The van der Waals surface area contributed by atoms with Gasteiger partial charge in [-0.2, -0.15) is 0 Å². The van der Waals surface area contributed by atoms with E-state index in [1.54, 1.807) is 12.1 Å². The van der Waals surface area contributed by atoms with Crippen molar-refractivity contribution in [3.05, 3.63) is 67.7 Å².